The predicted molar refractivity (Wildman–Crippen MR) is 66.4 cm³/mol. The van der Waals surface area contributed by atoms with Crippen molar-refractivity contribution >= 4 is 5.91 Å². The van der Waals surface area contributed by atoms with Crippen molar-refractivity contribution < 1.29 is 9.53 Å². The Morgan fingerprint density at radius 2 is 2.00 bits per heavy atom. The quantitative estimate of drug-likeness (QED) is 0.658. The molecule has 0 spiro atoms. The Bertz CT molecular complexity index is 195. The van der Waals surface area contributed by atoms with Crippen molar-refractivity contribution in [3.8, 4) is 0 Å². The van der Waals surface area contributed by atoms with Gasteiger partial charge in [0.25, 0.3) is 0 Å². The number of rotatable bonds is 8. The second kappa shape index (κ2) is 8.53. The summed E-state index contributed by atoms with van der Waals surface area (Å²) in [7, 11) is 3.36. The number of hydrogen-bond acceptors (Lipinski definition) is 3. The van der Waals surface area contributed by atoms with Crippen LogP contribution in [0.2, 0.25) is 0 Å². The monoisotopic (exact) mass is 230 g/mol. The highest BCUT2D eigenvalue weighted by Gasteiger charge is 2.21. The zero-order chi connectivity index (χ0) is 12.6. The molecule has 0 bridgehead atoms. The number of carbonyl (C=O) groups is 1. The molecule has 4 nitrogen and oxygen atoms in total. The lowest BCUT2D eigenvalue weighted by molar-refractivity contribution is -0.123. The van der Waals surface area contributed by atoms with Crippen LogP contribution >= 0.6 is 0 Å². The summed E-state index contributed by atoms with van der Waals surface area (Å²) >= 11 is 0. The van der Waals surface area contributed by atoms with E-state index in [9.17, 15) is 4.79 Å². The van der Waals surface area contributed by atoms with Crippen LogP contribution in [0.1, 0.15) is 33.6 Å². The first kappa shape index (κ1) is 15.4. The second-order valence-electron chi connectivity index (χ2n) is 4.52. The summed E-state index contributed by atoms with van der Waals surface area (Å²) in [6.07, 6.45) is 1.80. The van der Waals surface area contributed by atoms with Crippen LogP contribution in [0.15, 0.2) is 0 Å². The normalized spacial score (nSPS) is 14.9. The van der Waals surface area contributed by atoms with Crippen LogP contribution in [-0.2, 0) is 9.53 Å². The maximum atomic E-state index is 11.7. The van der Waals surface area contributed by atoms with Crippen molar-refractivity contribution in [2.24, 2.45) is 5.92 Å². The van der Waals surface area contributed by atoms with Gasteiger partial charge in [-0.15, -0.1) is 0 Å². The molecular formula is C12H26N2O2. The van der Waals surface area contributed by atoms with Crippen LogP contribution in [0.5, 0.6) is 0 Å². The van der Waals surface area contributed by atoms with Crippen LogP contribution in [0, 0.1) is 5.92 Å². The van der Waals surface area contributed by atoms with E-state index >= 15 is 0 Å². The van der Waals surface area contributed by atoms with Crippen molar-refractivity contribution in [2.45, 2.75) is 45.7 Å². The molecule has 16 heavy (non-hydrogen) atoms. The molecule has 96 valence electrons. The van der Waals surface area contributed by atoms with Gasteiger partial charge >= 0.3 is 0 Å². The highest BCUT2D eigenvalue weighted by molar-refractivity contribution is 5.81. The van der Waals surface area contributed by atoms with Crippen LogP contribution < -0.4 is 10.6 Å². The minimum absolute atomic E-state index is 0.0586. The summed E-state index contributed by atoms with van der Waals surface area (Å²) < 4.78 is 5.12. The second-order valence-corrected chi connectivity index (χ2v) is 4.52. The number of carbonyl (C=O) groups excluding carboxylic acids is 1. The minimum Gasteiger partial charge on any atom is -0.383 e. The van der Waals surface area contributed by atoms with Gasteiger partial charge in [0, 0.05) is 20.2 Å². The number of methoxy groups -OCH3 is 1. The maximum Gasteiger partial charge on any atom is 0.236 e. The summed E-state index contributed by atoms with van der Waals surface area (Å²) in [5, 5.41) is 6.05. The lowest BCUT2D eigenvalue weighted by Gasteiger charge is -2.24. The largest absolute Gasteiger partial charge is 0.383 e. The number of ether oxygens (including phenoxy) is 1. The van der Waals surface area contributed by atoms with Crippen molar-refractivity contribution in [2.75, 3.05) is 20.8 Å². The van der Waals surface area contributed by atoms with Gasteiger partial charge in [-0.3, -0.25) is 4.79 Å². The Kier molecular flexibility index (Phi) is 8.21. The van der Waals surface area contributed by atoms with E-state index in [0.717, 1.165) is 12.8 Å². The van der Waals surface area contributed by atoms with E-state index in [-0.39, 0.29) is 18.0 Å². The van der Waals surface area contributed by atoms with Gasteiger partial charge in [0.05, 0.1) is 12.6 Å². The first-order chi connectivity index (χ1) is 7.54. The Labute approximate surface area is 99.1 Å². The van der Waals surface area contributed by atoms with Crippen molar-refractivity contribution in [1.29, 1.82) is 0 Å². The molecule has 2 N–H and O–H groups in total. The smallest absolute Gasteiger partial charge is 0.236 e. The highest BCUT2D eigenvalue weighted by atomic mass is 16.5. The lowest BCUT2D eigenvalue weighted by atomic mass is 10.0. The molecule has 0 fully saturated rings. The fourth-order valence-electron chi connectivity index (χ4n) is 1.67. The highest BCUT2D eigenvalue weighted by Crippen LogP contribution is 2.07. The fourth-order valence-corrected chi connectivity index (χ4v) is 1.67. The third-order valence-electron chi connectivity index (χ3n) is 2.57. The molecule has 0 aliphatic heterocycles. The zero-order valence-corrected chi connectivity index (χ0v) is 11.2. The Morgan fingerprint density at radius 1 is 1.38 bits per heavy atom. The molecule has 2 unspecified atom stereocenters. The molecule has 0 saturated carbocycles. The van der Waals surface area contributed by atoms with E-state index in [1.165, 1.54) is 0 Å². The van der Waals surface area contributed by atoms with Crippen molar-refractivity contribution in [3.63, 3.8) is 0 Å². The summed E-state index contributed by atoms with van der Waals surface area (Å²) in [4.78, 5) is 11.7. The van der Waals surface area contributed by atoms with Crippen LogP contribution in [0.3, 0.4) is 0 Å². The van der Waals surface area contributed by atoms with Gasteiger partial charge in [0.2, 0.25) is 5.91 Å². The molecular weight excluding hydrogens is 204 g/mol. The van der Waals surface area contributed by atoms with E-state index in [4.69, 9.17) is 4.74 Å². The number of amides is 1. The molecule has 0 aliphatic carbocycles. The van der Waals surface area contributed by atoms with Crippen LogP contribution in [-0.4, -0.2) is 38.8 Å². The van der Waals surface area contributed by atoms with Gasteiger partial charge < -0.3 is 15.4 Å². The average molecular weight is 230 g/mol. The first-order valence-electron chi connectivity index (χ1n) is 6.01. The zero-order valence-electron chi connectivity index (χ0n) is 11.2. The molecule has 0 saturated heterocycles. The van der Waals surface area contributed by atoms with E-state index in [1.807, 2.05) is 0 Å². The van der Waals surface area contributed by atoms with Gasteiger partial charge in [-0.1, -0.05) is 20.8 Å². The van der Waals surface area contributed by atoms with Crippen LogP contribution in [0.25, 0.3) is 0 Å². The van der Waals surface area contributed by atoms with Gasteiger partial charge in [-0.25, -0.2) is 0 Å². The summed E-state index contributed by atoms with van der Waals surface area (Å²) in [6, 6.07) is 0.121. The SMILES string of the molecule is CCC(COC)NC(CC(C)C)C(=O)NC. The van der Waals surface area contributed by atoms with E-state index in [0.29, 0.717) is 12.5 Å². The third kappa shape index (κ3) is 6.08. The molecule has 0 aromatic rings. The molecule has 1 amide bonds. The third-order valence-corrected chi connectivity index (χ3v) is 2.57. The van der Waals surface area contributed by atoms with Crippen molar-refractivity contribution in [1.82, 2.24) is 10.6 Å². The maximum absolute atomic E-state index is 11.7. The van der Waals surface area contributed by atoms with Crippen LogP contribution in [0.4, 0.5) is 0 Å². The average Bonchev–Trinajstić information content (AvgIpc) is 2.25. The molecule has 0 aromatic heterocycles. The molecule has 2 atom stereocenters. The molecule has 0 aliphatic rings. The van der Waals surface area contributed by atoms with Gasteiger partial charge in [-0.2, -0.15) is 0 Å². The topological polar surface area (TPSA) is 50.4 Å². The Morgan fingerprint density at radius 3 is 2.38 bits per heavy atom. The van der Waals surface area contributed by atoms with E-state index in [1.54, 1.807) is 14.2 Å². The number of nitrogens with one attached hydrogen (secondary N) is 2. The van der Waals surface area contributed by atoms with Gasteiger partial charge in [0.1, 0.15) is 0 Å². The van der Waals surface area contributed by atoms with Gasteiger partial charge in [-0.05, 0) is 18.8 Å². The fraction of sp³-hybridized carbons (Fsp3) is 0.917. The number of likely N-dealkylation sites (N-methyl/N-ethyl adjacent to an activating group) is 1. The van der Waals surface area contributed by atoms with E-state index in [2.05, 4.69) is 31.4 Å². The summed E-state index contributed by atoms with van der Waals surface area (Å²) in [5.41, 5.74) is 0. The molecule has 0 heterocycles. The Balaban J connectivity index is 4.32. The predicted octanol–water partition coefficient (Wildman–Crippen LogP) is 1.16. The molecule has 0 rings (SSSR count). The minimum atomic E-state index is -0.120. The lowest BCUT2D eigenvalue weighted by Crippen LogP contribution is -2.49. The number of hydrogen-bond donors (Lipinski definition) is 2. The summed E-state index contributed by atoms with van der Waals surface area (Å²) in [6.45, 7) is 6.97. The van der Waals surface area contributed by atoms with Crippen molar-refractivity contribution in [3.05, 3.63) is 0 Å². The molecule has 0 radical (unpaired) electrons. The Hall–Kier alpha value is -0.610. The molecule has 4 heteroatoms. The molecule has 0 aromatic carbocycles. The standard InChI is InChI=1S/C12H26N2O2/c1-6-10(8-16-5)14-11(7-9(2)3)12(15)13-4/h9-11,14H,6-8H2,1-5H3,(H,13,15). The van der Waals surface area contributed by atoms with E-state index < -0.39 is 0 Å². The van der Waals surface area contributed by atoms with Gasteiger partial charge in [0.15, 0.2) is 0 Å². The first-order valence-corrected chi connectivity index (χ1v) is 6.01. The summed E-state index contributed by atoms with van der Waals surface area (Å²) in [5.74, 6) is 0.554.